The van der Waals surface area contributed by atoms with Crippen LogP contribution >= 0.6 is 11.3 Å². The number of ether oxygens (including phenoxy) is 1. The van der Waals surface area contributed by atoms with Crippen LogP contribution in [0.4, 0.5) is 0 Å². The molecule has 1 aliphatic heterocycles. The average molecular weight is 309 g/mol. The first-order chi connectivity index (χ1) is 10.0. The Morgan fingerprint density at radius 1 is 1.57 bits per heavy atom. The highest BCUT2D eigenvalue weighted by Gasteiger charge is 2.30. The van der Waals surface area contributed by atoms with E-state index in [0.29, 0.717) is 18.7 Å². The van der Waals surface area contributed by atoms with Gasteiger partial charge < -0.3 is 14.7 Å². The number of hydrogen-bond donors (Lipinski definition) is 1. The van der Waals surface area contributed by atoms with Crippen LogP contribution in [0.3, 0.4) is 0 Å². The molecular weight excluding hydrogens is 290 g/mol. The molecule has 5 nitrogen and oxygen atoms in total. The number of amides is 1. The normalized spacial score (nSPS) is 22.7. The van der Waals surface area contributed by atoms with Crippen molar-refractivity contribution in [2.24, 2.45) is 0 Å². The Hall–Kier alpha value is -1.66. The number of carbonyl (C=O) groups excluding carboxylic acids is 1. The Balaban J connectivity index is 2.13. The molecule has 0 radical (unpaired) electrons. The van der Waals surface area contributed by atoms with Crippen molar-refractivity contribution in [3.8, 4) is 0 Å². The van der Waals surface area contributed by atoms with Gasteiger partial charge in [-0.15, -0.1) is 11.3 Å². The van der Waals surface area contributed by atoms with Crippen LogP contribution in [0.15, 0.2) is 17.5 Å². The van der Waals surface area contributed by atoms with E-state index in [9.17, 15) is 9.59 Å². The molecule has 1 aromatic rings. The number of carbonyl (C=O) groups is 2. The third-order valence-electron chi connectivity index (χ3n) is 3.46. The molecule has 0 spiro atoms. The van der Waals surface area contributed by atoms with Crippen molar-refractivity contribution in [2.45, 2.75) is 32.4 Å². The summed E-state index contributed by atoms with van der Waals surface area (Å²) < 4.78 is 5.60. The lowest BCUT2D eigenvalue weighted by Gasteiger charge is -2.38. The molecular formula is C15H19NO4S. The first-order valence-corrected chi connectivity index (χ1v) is 7.81. The Kier molecular flexibility index (Phi) is 5.14. The van der Waals surface area contributed by atoms with Gasteiger partial charge in [0.1, 0.15) is 0 Å². The van der Waals surface area contributed by atoms with Crippen molar-refractivity contribution < 1.29 is 19.4 Å². The van der Waals surface area contributed by atoms with E-state index < -0.39 is 5.97 Å². The summed E-state index contributed by atoms with van der Waals surface area (Å²) in [6.07, 6.45) is 3.48. The van der Waals surface area contributed by atoms with E-state index in [2.05, 4.69) is 0 Å². The van der Waals surface area contributed by atoms with Gasteiger partial charge in [0, 0.05) is 22.9 Å². The Bertz CT molecular complexity index is 552. The fraction of sp³-hybridized carbons (Fsp3) is 0.467. The molecule has 1 aromatic heterocycles. The maximum atomic E-state index is 12.6. The maximum Gasteiger partial charge on any atom is 0.328 e. The quantitative estimate of drug-likeness (QED) is 0.868. The van der Waals surface area contributed by atoms with Crippen LogP contribution in [0, 0.1) is 0 Å². The molecule has 0 saturated carbocycles. The number of nitrogens with zero attached hydrogens (tertiary/aromatic N) is 1. The second-order valence-corrected chi connectivity index (χ2v) is 6.02. The Morgan fingerprint density at radius 2 is 2.33 bits per heavy atom. The lowest BCUT2D eigenvalue weighted by atomic mass is 10.1. The average Bonchev–Trinajstić information content (AvgIpc) is 2.93. The van der Waals surface area contributed by atoms with Gasteiger partial charge in [0.05, 0.1) is 24.3 Å². The van der Waals surface area contributed by atoms with Crippen LogP contribution in [-0.4, -0.2) is 47.2 Å². The molecule has 2 rings (SSSR count). The van der Waals surface area contributed by atoms with E-state index in [1.807, 2.05) is 18.7 Å². The number of aliphatic carboxylic acids is 1. The molecule has 1 fully saturated rings. The van der Waals surface area contributed by atoms with E-state index in [4.69, 9.17) is 9.84 Å². The summed E-state index contributed by atoms with van der Waals surface area (Å²) in [7, 11) is 0. The fourth-order valence-corrected chi connectivity index (χ4v) is 3.08. The van der Waals surface area contributed by atoms with Crippen molar-refractivity contribution >= 4 is 29.3 Å². The number of carboxylic acids is 1. The maximum absolute atomic E-state index is 12.6. The minimum Gasteiger partial charge on any atom is -0.478 e. The van der Waals surface area contributed by atoms with E-state index in [-0.39, 0.29) is 18.1 Å². The molecule has 0 aliphatic carbocycles. The number of thiophene rings is 1. The molecule has 0 bridgehead atoms. The van der Waals surface area contributed by atoms with Crippen LogP contribution in [0.1, 0.15) is 35.5 Å². The van der Waals surface area contributed by atoms with Crippen LogP contribution in [-0.2, 0) is 9.53 Å². The molecule has 1 amide bonds. The van der Waals surface area contributed by atoms with Crippen molar-refractivity contribution in [3.05, 3.63) is 28.0 Å². The number of morpholine rings is 1. The third-order valence-corrected chi connectivity index (χ3v) is 4.35. The van der Waals surface area contributed by atoms with Gasteiger partial charge in [-0.1, -0.05) is 6.92 Å². The van der Waals surface area contributed by atoms with Crippen LogP contribution in [0.25, 0.3) is 6.08 Å². The first-order valence-electron chi connectivity index (χ1n) is 6.93. The zero-order chi connectivity index (χ0) is 15.4. The summed E-state index contributed by atoms with van der Waals surface area (Å²) in [5.41, 5.74) is 0.609. The smallest absolute Gasteiger partial charge is 0.328 e. The highest BCUT2D eigenvalue weighted by Crippen LogP contribution is 2.22. The van der Waals surface area contributed by atoms with Crippen molar-refractivity contribution in [1.29, 1.82) is 0 Å². The molecule has 1 aliphatic rings. The molecule has 1 saturated heterocycles. The standard InChI is InChI=1S/C15H19NO4S/c1-3-12-8-20-10(2)7-16(12)15(19)11-6-13(21-9-11)4-5-14(17)18/h4-6,9-10,12H,3,7-8H2,1-2H3,(H,17,18). The number of hydrogen-bond acceptors (Lipinski definition) is 4. The Morgan fingerprint density at radius 3 is 3.00 bits per heavy atom. The zero-order valence-corrected chi connectivity index (χ0v) is 12.9. The van der Waals surface area contributed by atoms with Gasteiger partial charge in [-0.05, 0) is 25.5 Å². The molecule has 0 aromatic carbocycles. The first kappa shape index (κ1) is 15.7. The monoisotopic (exact) mass is 309 g/mol. The summed E-state index contributed by atoms with van der Waals surface area (Å²) >= 11 is 1.36. The van der Waals surface area contributed by atoms with E-state index in [1.165, 1.54) is 17.4 Å². The molecule has 2 heterocycles. The third kappa shape index (κ3) is 3.92. The fourth-order valence-electron chi connectivity index (χ4n) is 2.30. The van der Waals surface area contributed by atoms with E-state index in [0.717, 1.165) is 17.4 Å². The van der Waals surface area contributed by atoms with Crippen molar-refractivity contribution in [3.63, 3.8) is 0 Å². The summed E-state index contributed by atoms with van der Waals surface area (Å²) in [5.74, 6) is -1.01. The largest absolute Gasteiger partial charge is 0.478 e. The minimum atomic E-state index is -0.996. The van der Waals surface area contributed by atoms with Crippen LogP contribution < -0.4 is 0 Å². The van der Waals surface area contributed by atoms with Gasteiger partial charge in [0.25, 0.3) is 5.91 Å². The van der Waals surface area contributed by atoms with Crippen LogP contribution in [0.2, 0.25) is 0 Å². The predicted molar refractivity (Wildman–Crippen MR) is 81.5 cm³/mol. The van der Waals surface area contributed by atoms with Crippen LogP contribution in [0.5, 0.6) is 0 Å². The topological polar surface area (TPSA) is 66.8 Å². The second-order valence-electron chi connectivity index (χ2n) is 5.07. The van der Waals surface area contributed by atoms with E-state index >= 15 is 0 Å². The van der Waals surface area contributed by atoms with Gasteiger partial charge in [-0.25, -0.2) is 4.79 Å². The molecule has 1 N–H and O–H groups in total. The highest BCUT2D eigenvalue weighted by molar-refractivity contribution is 7.11. The Labute approximate surface area is 127 Å². The molecule has 2 atom stereocenters. The lowest BCUT2D eigenvalue weighted by Crippen LogP contribution is -2.51. The summed E-state index contributed by atoms with van der Waals surface area (Å²) in [4.78, 5) is 25.7. The van der Waals surface area contributed by atoms with Gasteiger partial charge in [0.2, 0.25) is 0 Å². The highest BCUT2D eigenvalue weighted by atomic mass is 32.1. The summed E-state index contributed by atoms with van der Waals surface area (Å²) in [6, 6.07) is 1.84. The number of rotatable bonds is 4. The SMILES string of the molecule is CCC1COC(C)CN1C(=O)c1csc(C=CC(=O)O)c1. The zero-order valence-electron chi connectivity index (χ0n) is 12.1. The molecule has 21 heavy (non-hydrogen) atoms. The van der Waals surface area contributed by atoms with Gasteiger partial charge in [0.15, 0.2) is 0 Å². The van der Waals surface area contributed by atoms with Gasteiger partial charge >= 0.3 is 5.97 Å². The van der Waals surface area contributed by atoms with Crippen molar-refractivity contribution in [2.75, 3.05) is 13.2 Å². The number of carboxylic acid groups (broad SMARTS) is 1. The lowest BCUT2D eigenvalue weighted by molar-refractivity contribution is -0.131. The molecule has 6 heteroatoms. The van der Waals surface area contributed by atoms with Gasteiger partial charge in [-0.2, -0.15) is 0 Å². The molecule has 2 unspecified atom stereocenters. The second kappa shape index (κ2) is 6.87. The summed E-state index contributed by atoms with van der Waals surface area (Å²) in [5, 5.41) is 10.4. The van der Waals surface area contributed by atoms with Crippen molar-refractivity contribution in [1.82, 2.24) is 4.90 Å². The predicted octanol–water partition coefficient (Wildman–Crippen LogP) is 2.49. The van der Waals surface area contributed by atoms with E-state index in [1.54, 1.807) is 11.4 Å². The van der Waals surface area contributed by atoms with Gasteiger partial charge in [-0.3, -0.25) is 4.79 Å². The summed E-state index contributed by atoms with van der Waals surface area (Å²) in [6.45, 7) is 5.16. The minimum absolute atomic E-state index is 0.0109. The molecule has 114 valence electrons.